The number of hydrogen-bond donors (Lipinski definition) is 5. The van der Waals surface area contributed by atoms with Gasteiger partial charge in [-0.2, -0.15) is 24.4 Å². The van der Waals surface area contributed by atoms with Crippen molar-refractivity contribution in [2.24, 2.45) is 11.7 Å². The lowest BCUT2D eigenvalue weighted by Gasteiger charge is -2.23. The molecule has 0 aliphatic carbocycles. The van der Waals surface area contributed by atoms with Crippen LogP contribution in [0, 0.1) is 5.92 Å². The van der Waals surface area contributed by atoms with Gasteiger partial charge in [0.15, 0.2) is 0 Å². The second kappa shape index (κ2) is 11.6. The van der Waals surface area contributed by atoms with Crippen LogP contribution in [0.3, 0.4) is 0 Å². The van der Waals surface area contributed by atoms with Crippen LogP contribution in [-0.4, -0.2) is 58.8 Å². The van der Waals surface area contributed by atoms with Gasteiger partial charge in [-0.1, -0.05) is 13.8 Å². The summed E-state index contributed by atoms with van der Waals surface area (Å²) in [6, 6.07) is -2.60. The molecule has 9 heteroatoms. The molecule has 0 radical (unpaired) electrons. The van der Waals surface area contributed by atoms with Crippen LogP contribution < -0.4 is 16.4 Å². The maximum Gasteiger partial charge on any atom is 0.327 e. The molecular weight excluding hydrogens is 338 g/mol. The Hall–Kier alpha value is -0.930. The first-order chi connectivity index (χ1) is 10.7. The van der Waals surface area contributed by atoms with E-state index in [1.54, 1.807) is 11.8 Å². The highest BCUT2D eigenvalue weighted by Crippen LogP contribution is 2.07. The summed E-state index contributed by atoms with van der Waals surface area (Å²) in [6.07, 6.45) is 2.83. The van der Waals surface area contributed by atoms with Gasteiger partial charge >= 0.3 is 5.97 Å². The van der Waals surface area contributed by atoms with Gasteiger partial charge in [0.25, 0.3) is 0 Å². The molecule has 0 aliphatic heterocycles. The molecule has 5 N–H and O–H groups in total. The molecule has 0 aromatic rings. The van der Waals surface area contributed by atoms with Crippen molar-refractivity contribution in [1.82, 2.24) is 10.6 Å². The van der Waals surface area contributed by atoms with Crippen LogP contribution >= 0.6 is 24.4 Å². The monoisotopic (exact) mass is 365 g/mol. The van der Waals surface area contributed by atoms with E-state index in [-0.39, 0.29) is 11.7 Å². The molecule has 0 saturated heterocycles. The van der Waals surface area contributed by atoms with Gasteiger partial charge in [-0.3, -0.25) is 9.59 Å². The van der Waals surface area contributed by atoms with Crippen LogP contribution in [0.1, 0.15) is 26.7 Å². The van der Waals surface area contributed by atoms with Gasteiger partial charge in [-0.25, -0.2) is 4.79 Å². The summed E-state index contributed by atoms with van der Waals surface area (Å²) in [6.45, 7) is 3.82. The third-order valence-electron chi connectivity index (χ3n) is 3.11. The van der Waals surface area contributed by atoms with E-state index in [0.29, 0.717) is 12.8 Å². The third-order valence-corrected chi connectivity index (χ3v) is 4.12. The molecule has 0 rings (SSSR count). The fourth-order valence-electron chi connectivity index (χ4n) is 1.82. The van der Waals surface area contributed by atoms with Crippen molar-refractivity contribution in [3.05, 3.63) is 0 Å². The molecule has 0 fully saturated rings. The lowest BCUT2D eigenvalue weighted by atomic mass is 10.0. The van der Waals surface area contributed by atoms with Gasteiger partial charge in [0.2, 0.25) is 11.8 Å². The second-order valence-electron chi connectivity index (χ2n) is 5.66. The molecular formula is C14H27N3O4S2. The second-order valence-corrected chi connectivity index (χ2v) is 7.01. The number of nitrogens with two attached hydrogens (primary N) is 1. The Morgan fingerprint density at radius 3 is 2.17 bits per heavy atom. The summed E-state index contributed by atoms with van der Waals surface area (Å²) in [4.78, 5) is 35.3. The molecule has 0 heterocycles. The van der Waals surface area contributed by atoms with Crippen LogP contribution in [0.5, 0.6) is 0 Å². The van der Waals surface area contributed by atoms with E-state index < -0.39 is 35.9 Å². The quantitative estimate of drug-likeness (QED) is 0.331. The normalized spacial score (nSPS) is 14.9. The first kappa shape index (κ1) is 22.1. The minimum absolute atomic E-state index is 0.0311. The van der Waals surface area contributed by atoms with Gasteiger partial charge in [-0.15, -0.1) is 0 Å². The Balaban J connectivity index is 4.82. The van der Waals surface area contributed by atoms with Crippen LogP contribution in [-0.2, 0) is 14.4 Å². The molecule has 7 nitrogen and oxygen atoms in total. The number of nitrogens with one attached hydrogen (secondary N) is 2. The molecule has 3 atom stereocenters. The number of carbonyl (C=O) groups is 3. The highest BCUT2D eigenvalue weighted by Gasteiger charge is 2.27. The van der Waals surface area contributed by atoms with E-state index in [0.717, 1.165) is 5.75 Å². The molecule has 0 saturated carbocycles. The minimum atomic E-state index is -1.17. The van der Waals surface area contributed by atoms with Crippen molar-refractivity contribution in [3.8, 4) is 0 Å². The molecule has 0 aromatic heterocycles. The molecule has 23 heavy (non-hydrogen) atoms. The summed E-state index contributed by atoms with van der Waals surface area (Å²) in [5, 5.41) is 14.0. The van der Waals surface area contributed by atoms with Gasteiger partial charge in [0.1, 0.15) is 12.1 Å². The number of rotatable bonds is 11. The zero-order valence-electron chi connectivity index (χ0n) is 13.7. The van der Waals surface area contributed by atoms with E-state index in [4.69, 9.17) is 10.8 Å². The van der Waals surface area contributed by atoms with E-state index in [1.807, 2.05) is 20.1 Å². The fraction of sp³-hybridized carbons (Fsp3) is 0.786. The first-order valence-electron chi connectivity index (χ1n) is 7.41. The molecule has 0 bridgehead atoms. The summed E-state index contributed by atoms with van der Waals surface area (Å²) in [5.41, 5.74) is 5.79. The Labute approximate surface area is 146 Å². The molecule has 0 aliphatic rings. The Bertz CT molecular complexity index is 407. The number of thiol groups is 1. The van der Waals surface area contributed by atoms with Crippen LogP contribution in [0.4, 0.5) is 0 Å². The number of aliphatic carboxylic acids is 1. The number of hydrogen-bond acceptors (Lipinski definition) is 6. The topological polar surface area (TPSA) is 122 Å². The number of thioether (sulfide) groups is 1. The van der Waals surface area contributed by atoms with Crippen LogP contribution in [0.2, 0.25) is 0 Å². The molecule has 0 unspecified atom stereocenters. The maximum atomic E-state index is 12.3. The fourth-order valence-corrected chi connectivity index (χ4v) is 2.55. The van der Waals surface area contributed by atoms with Crippen molar-refractivity contribution >= 4 is 42.2 Å². The lowest BCUT2D eigenvalue weighted by molar-refractivity contribution is -0.141. The SMILES string of the molecule is CSCC[C@H](N)C(=O)N[C@@H](CC(C)C)C(=O)N[C@@H](CS)C(=O)O. The molecule has 0 spiro atoms. The van der Waals surface area contributed by atoms with Crippen molar-refractivity contribution in [2.45, 2.75) is 44.8 Å². The van der Waals surface area contributed by atoms with Crippen LogP contribution in [0.15, 0.2) is 0 Å². The first-order valence-corrected chi connectivity index (χ1v) is 9.44. The Morgan fingerprint density at radius 1 is 1.17 bits per heavy atom. The summed E-state index contributed by atoms with van der Waals surface area (Å²) < 4.78 is 0. The Kier molecular flexibility index (Phi) is 11.1. The van der Waals surface area contributed by atoms with Gasteiger partial charge in [-0.05, 0) is 30.8 Å². The van der Waals surface area contributed by atoms with E-state index in [2.05, 4.69) is 23.3 Å². The van der Waals surface area contributed by atoms with Crippen molar-refractivity contribution < 1.29 is 19.5 Å². The average Bonchev–Trinajstić information content (AvgIpc) is 2.48. The lowest BCUT2D eigenvalue weighted by Crippen LogP contribution is -2.55. The molecule has 0 aromatic carbocycles. The smallest absolute Gasteiger partial charge is 0.327 e. The van der Waals surface area contributed by atoms with Gasteiger partial charge in [0.05, 0.1) is 6.04 Å². The van der Waals surface area contributed by atoms with Crippen molar-refractivity contribution in [2.75, 3.05) is 17.8 Å². The summed E-state index contributed by atoms with van der Waals surface area (Å²) in [5.74, 6) is -1.25. The maximum absolute atomic E-state index is 12.3. The summed E-state index contributed by atoms with van der Waals surface area (Å²) >= 11 is 5.49. The number of carboxylic acids is 1. The average molecular weight is 366 g/mol. The Morgan fingerprint density at radius 2 is 1.74 bits per heavy atom. The molecule has 2 amide bonds. The van der Waals surface area contributed by atoms with Crippen molar-refractivity contribution in [3.63, 3.8) is 0 Å². The number of amides is 2. The van der Waals surface area contributed by atoms with Crippen molar-refractivity contribution in [1.29, 1.82) is 0 Å². The predicted molar refractivity (Wildman–Crippen MR) is 95.8 cm³/mol. The number of carbonyl (C=O) groups excluding carboxylic acids is 2. The zero-order valence-corrected chi connectivity index (χ0v) is 15.5. The third kappa shape index (κ3) is 9.07. The van der Waals surface area contributed by atoms with Crippen LogP contribution in [0.25, 0.3) is 0 Å². The molecule has 134 valence electrons. The highest BCUT2D eigenvalue weighted by molar-refractivity contribution is 7.98. The zero-order chi connectivity index (χ0) is 18.0. The predicted octanol–water partition coefficient (Wildman–Crippen LogP) is 0.0969. The summed E-state index contributed by atoms with van der Waals surface area (Å²) in [7, 11) is 0. The van der Waals surface area contributed by atoms with Gasteiger partial charge < -0.3 is 21.5 Å². The number of carboxylic acid groups (broad SMARTS) is 1. The van der Waals surface area contributed by atoms with E-state index in [1.165, 1.54) is 0 Å². The largest absolute Gasteiger partial charge is 0.480 e. The van der Waals surface area contributed by atoms with E-state index in [9.17, 15) is 14.4 Å². The minimum Gasteiger partial charge on any atom is -0.480 e. The van der Waals surface area contributed by atoms with Gasteiger partial charge in [0, 0.05) is 5.75 Å². The highest BCUT2D eigenvalue weighted by atomic mass is 32.2. The van der Waals surface area contributed by atoms with E-state index >= 15 is 0 Å². The standard InChI is InChI=1S/C14H27N3O4S2/c1-8(2)6-10(13(19)17-11(7-22)14(20)21)16-12(18)9(15)4-5-23-3/h8-11,22H,4-7,15H2,1-3H3,(H,16,18)(H,17,19)(H,20,21)/t9-,10-,11-/m0/s1.